The standard InChI is InChI=1S/C67H127NO5/c1-3-5-7-9-11-13-15-17-19-21-23-25-27-29-31-32-33-34-35-37-38-40-42-44-46-48-50-52-54-56-58-60-64(70)66(72)63(62-69)68-67(73)65(71)61-59-57-55-53-51-49-47-45-43-41-39-36-30-28-26-24-22-20-18-16-14-12-10-8-6-4-2/h30,36-38,44,46,52,54,63-66,69-72H,3-29,31-35,39-43,45,47-51,53,55-62H2,1-2H3,(H,68,73)/b36-30-,38-37+,46-44+,54-52+. The Hall–Kier alpha value is -1.73. The molecule has 0 rings (SSSR count). The van der Waals surface area contributed by atoms with Crippen molar-refractivity contribution in [3.63, 3.8) is 0 Å². The van der Waals surface area contributed by atoms with E-state index in [1.807, 2.05) is 0 Å². The highest BCUT2D eigenvalue weighted by molar-refractivity contribution is 5.80. The van der Waals surface area contributed by atoms with Gasteiger partial charge in [0.2, 0.25) is 5.91 Å². The van der Waals surface area contributed by atoms with Gasteiger partial charge in [0.25, 0.3) is 0 Å². The number of nitrogens with one attached hydrogen (secondary N) is 1. The summed E-state index contributed by atoms with van der Waals surface area (Å²) in [5.74, 6) is -0.597. The van der Waals surface area contributed by atoms with Crippen molar-refractivity contribution < 1.29 is 25.2 Å². The van der Waals surface area contributed by atoms with E-state index in [0.29, 0.717) is 19.3 Å². The third-order valence-corrected chi connectivity index (χ3v) is 15.2. The minimum Gasteiger partial charge on any atom is -0.394 e. The number of hydrogen-bond donors (Lipinski definition) is 5. The quantitative estimate of drug-likeness (QED) is 0.0308. The molecular formula is C67H127NO5. The SMILES string of the molecule is CCCCCCCCCCCCCC/C=C\CCCCCCCCCCCCC(O)C(=O)NC(CO)C(O)C(O)CCC/C=C/CC/C=C/CC/C=C/CCCCCCCCCCCCCCCCCCCC. The summed E-state index contributed by atoms with van der Waals surface area (Å²) in [4.78, 5) is 12.6. The molecule has 73 heavy (non-hydrogen) atoms. The monoisotopic (exact) mass is 1030 g/mol. The van der Waals surface area contributed by atoms with Gasteiger partial charge in [-0.3, -0.25) is 4.79 Å². The Morgan fingerprint density at radius 1 is 0.329 bits per heavy atom. The molecule has 430 valence electrons. The van der Waals surface area contributed by atoms with Gasteiger partial charge in [0.1, 0.15) is 12.2 Å². The summed E-state index contributed by atoms with van der Waals surface area (Å²) >= 11 is 0. The van der Waals surface area contributed by atoms with E-state index in [4.69, 9.17) is 0 Å². The normalized spacial score (nSPS) is 13.9. The zero-order valence-corrected chi connectivity index (χ0v) is 48.9. The van der Waals surface area contributed by atoms with Crippen LogP contribution in [0.5, 0.6) is 0 Å². The Morgan fingerprint density at radius 2 is 0.575 bits per heavy atom. The lowest BCUT2D eigenvalue weighted by Gasteiger charge is -2.27. The molecule has 0 aliphatic carbocycles. The maximum Gasteiger partial charge on any atom is 0.249 e. The fourth-order valence-corrected chi connectivity index (χ4v) is 10.1. The van der Waals surface area contributed by atoms with Gasteiger partial charge in [-0.15, -0.1) is 0 Å². The lowest BCUT2D eigenvalue weighted by atomic mass is 10.00. The number of allylic oxidation sites excluding steroid dienone is 8. The topological polar surface area (TPSA) is 110 Å². The number of carbonyl (C=O) groups excluding carboxylic acids is 1. The van der Waals surface area contributed by atoms with Crippen LogP contribution in [0.1, 0.15) is 341 Å². The van der Waals surface area contributed by atoms with Crippen LogP contribution < -0.4 is 5.32 Å². The van der Waals surface area contributed by atoms with Crippen LogP contribution in [0.15, 0.2) is 48.6 Å². The summed E-state index contributed by atoms with van der Waals surface area (Å²) in [5, 5.41) is 44.1. The predicted molar refractivity (Wildman–Crippen MR) is 320 cm³/mol. The van der Waals surface area contributed by atoms with Gasteiger partial charge in [0.15, 0.2) is 0 Å². The van der Waals surface area contributed by atoms with Crippen molar-refractivity contribution in [1.82, 2.24) is 5.32 Å². The zero-order chi connectivity index (χ0) is 53.0. The lowest BCUT2D eigenvalue weighted by molar-refractivity contribution is -0.132. The fourth-order valence-electron chi connectivity index (χ4n) is 10.1. The molecule has 0 aromatic rings. The van der Waals surface area contributed by atoms with E-state index in [2.05, 4.69) is 67.8 Å². The first kappa shape index (κ1) is 71.3. The second kappa shape index (κ2) is 61.1. The molecule has 0 fully saturated rings. The first-order chi connectivity index (χ1) is 36.0. The van der Waals surface area contributed by atoms with Crippen LogP contribution in [0.4, 0.5) is 0 Å². The molecular weight excluding hydrogens is 899 g/mol. The molecule has 0 heterocycles. The van der Waals surface area contributed by atoms with E-state index in [0.717, 1.165) is 51.4 Å². The molecule has 5 N–H and O–H groups in total. The average Bonchev–Trinajstić information content (AvgIpc) is 3.40. The van der Waals surface area contributed by atoms with Crippen LogP contribution in [0.2, 0.25) is 0 Å². The van der Waals surface area contributed by atoms with Gasteiger partial charge in [-0.05, 0) is 89.9 Å². The Morgan fingerprint density at radius 3 is 0.863 bits per heavy atom. The third-order valence-electron chi connectivity index (χ3n) is 15.2. The largest absolute Gasteiger partial charge is 0.394 e. The molecule has 1 amide bonds. The van der Waals surface area contributed by atoms with Gasteiger partial charge in [-0.25, -0.2) is 0 Å². The highest BCUT2D eigenvalue weighted by Gasteiger charge is 2.28. The number of hydrogen-bond acceptors (Lipinski definition) is 5. The smallest absolute Gasteiger partial charge is 0.249 e. The summed E-state index contributed by atoms with van der Waals surface area (Å²) in [7, 11) is 0. The van der Waals surface area contributed by atoms with Crippen molar-refractivity contribution >= 4 is 5.91 Å². The van der Waals surface area contributed by atoms with Crippen LogP contribution in [0, 0.1) is 0 Å². The van der Waals surface area contributed by atoms with Crippen LogP contribution in [-0.4, -0.2) is 57.3 Å². The van der Waals surface area contributed by atoms with Crippen molar-refractivity contribution in [2.24, 2.45) is 0 Å². The van der Waals surface area contributed by atoms with Gasteiger partial charge < -0.3 is 25.7 Å². The number of aliphatic hydroxyl groups is 4. The third kappa shape index (κ3) is 54.9. The predicted octanol–water partition coefficient (Wildman–Crippen LogP) is 19.7. The van der Waals surface area contributed by atoms with E-state index < -0.39 is 36.9 Å². The van der Waals surface area contributed by atoms with Crippen LogP contribution >= 0.6 is 0 Å². The Labute approximate surface area is 455 Å². The first-order valence-electron chi connectivity index (χ1n) is 32.5. The minimum atomic E-state index is -1.30. The molecule has 0 spiro atoms. The molecule has 0 aromatic heterocycles. The van der Waals surface area contributed by atoms with E-state index >= 15 is 0 Å². The molecule has 4 unspecified atom stereocenters. The second-order valence-electron chi connectivity index (χ2n) is 22.4. The number of amides is 1. The summed E-state index contributed by atoms with van der Waals surface area (Å²) in [6.45, 7) is 4.08. The van der Waals surface area contributed by atoms with Crippen molar-refractivity contribution in [2.75, 3.05) is 6.61 Å². The lowest BCUT2D eigenvalue weighted by Crippen LogP contribution is -2.53. The highest BCUT2D eigenvalue weighted by atomic mass is 16.3. The maximum atomic E-state index is 12.6. The van der Waals surface area contributed by atoms with Gasteiger partial charge in [-0.2, -0.15) is 0 Å². The maximum absolute atomic E-state index is 12.6. The van der Waals surface area contributed by atoms with Crippen LogP contribution in [0.25, 0.3) is 0 Å². The Bertz CT molecular complexity index is 1200. The van der Waals surface area contributed by atoms with Gasteiger partial charge >= 0.3 is 0 Å². The van der Waals surface area contributed by atoms with E-state index in [9.17, 15) is 25.2 Å². The van der Waals surface area contributed by atoms with Crippen molar-refractivity contribution in [3.05, 3.63) is 48.6 Å². The molecule has 0 bridgehead atoms. The van der Waals surface area contributed by atoms with Gasteiger partial charge in [0.05, 0.1) is 18.8 Å². The number of aliphatic hydroxyl groups excluding tert-OH is 4. The number of carbonyl (C=O) groups is 1. The molecule has 0 aromatic carbocycles. The van der Waals surface area contributed by atoms with Crippen LogP contribution in [0.3, 0.4) is 0 Å². The minimum absolute atomic E-state index is 0.357. The molecule has 6 heteroatoms. The average molecular weight is 1030 g/mol. The molecule has 6 nitrogen and oxygen atoms in total. The van der Waals surface area contributed by atoms with E-state index in [1.54, 1.807) is 0 Å². The first-order valence-corrected chi connectivity index (χ1v) is 32.5. The van der Waals surface area contributed by atoms with E-state index in [1.165, 1.54) is 257 Å². The van der Waals surface area contributed by atoms with Gasteiger partial charge in [-0.1, -0.05) is 300 Å². The van der Waals surface area contributed by atoms with Gasteiger partial charge in [0, 0.05) is 0 Å². The summed E-state index contributed by atoms with van der Waals surface area (Å²) in [6, 6.07) is -1.02. The van der Waals surface area contributed by atoms with E-state index in [-0.39, 0.29) is 0 Å². The summed E-state index contributed by atoms with van der Waals surface area (Å²) < 4.78 is 0. The summed E-state index contributed by atoms with van der Waals surface area (Å²) in [5.41, 5.74) is 0. The molecule has 4 atom stereocenters. The van der Waals surface area contributed by atoms with Crippen molar-refractivity contribution in [1.29, 1.82) is 0 Å². The molecule has 0 aliphatic heterocycles. The Kier molecular flexibility index (Phi) is 59.7. The Balaban J connectivity index is 3.66. The molecule has 0 aliphatic rings. The summed E-state index contributed by atoms with van der Waals surface area (Å²) in [6.07, 6.45) is 79.3. The van der Waals surface area contributed by atoms with Crippen LogP contribution in [-0.2, 0) is 4.79 Å². The highest BCUT2D eigenvalue weighted by Crippen LogP contribution is 2.18. The number of rotatable bonds is 60. The number of unbranched alkanes of at least 4 members (excludes halogenated alkanes) is 43. The molecule has 0 saturated carbocycles. The second-order valence-corrected chi connectivity index (χ2v) is 22.4. The molecule has 0 saturated heterocycles. The zero-order valence-electron chi connectivity index (χ0n) is 48.9. The fraction of sp³-hybridized carbons (Fsp3) is 0.866. The van der Waals surface area contributed by atoms with Crippen molar-refractivity contribution in [3.8, 4) is 0 Å². The van der Waals surface area contributed by atoms with Crippen molar-refractivity contribution in [2.45, 2.75) is 366 Å². The molecule has 0 radical (unpaired) electrons.